The third-order valence-electron chi connectivity index (χ3n) is 5.38. The van der Waals surface area contributed by atoms with Gasteiger partial charge in [0, 0.05) is 46.0 Å². The van der Waals surface area contributed by atoms with Crippen LogP contribution in [-0.4, -0.2) is 56.9 Å². The van der Waals surface area contributed by atoms with E-state index in [1.807, 2.05) is 16.7 Å². The molecule has 148 valence electrons. The van der Waals surface area contributed by atoms with Crippen LogP contribution in [0, 0.1) is 0 Å². The first-order valence-electron chi connectivity index (χ1n) is 9.22. The van der Waals surface area contributed by atoms with Crippen LogP contribution in [0.25, 0.3) is 11.2 Å². The smallest absolute Gasteiger partial charge is 0.332 e. The van der Waals surface area contributed by atoms with Gasteiger partial charge in [-0.25, -0.2) is 9.78 Å². The van der Waals surface area contributed by atoms with Gasteiger partial charge in [0.1, 0.15) is 5.75 Å². The highest BCUT2D eigenvalue weighted by Crippen LogP contribution is 2.20. The second kappa shape index (κ2) is 7.16. The maximum Gasteiger partial charge on any atom is 0.332 e. The van der Waals surface area contributed by atoms with E-state index in [1.165, 1.54) is 17.3 Å². The van der Waals surface area contributed by atoms with Gasteiger partial charge in [-0.2, -0.15) is 0 Å². The highest BCUT2D eigenvalue weighted by atomic mass is 16.5. The van der Waals surface area contributed by atoms with Gasteiger partial charge >= 0.3 is 5.69 Å². The first kappa shape index (κ1) is 18.3. The molecule has 1 aliphatic heterocycles. The minimum absolute atomic E-state index is 0.313. The van der Waals surface area contributed by atoms with Gasteiger partial charge in [0.15, 0.2) is 11.2 Å². The van der Waals surface area contributed by atoms with E-state index in [0.29, 0.717) is 17.8 Å². The summed E-state index contributed by atoms with van der Waals surface area (Å²) in [7, 11) is 4.79. The normalized spacial score (nSPS) is 15.3. The largest absolute Gasteiger partial charge is 0.497 e. The zero-order chi connectivity index (χ0) is 19.8. The number of aryl methyl sites for hydroxylation is 1. The van der Waals surface area contributed by atoms with Crippen molar-refractivity contribution in [3.8, 4) is 5.75 Å². The Kier molecular flexibility index (Phi) is 4.68. The molecule has 0 bridgehead atoms. The number of hydrogen-bond acceptors (Lipinski definition) is 6. The average molecular weight is 384 g/mol. The molecule has 4 rings (SSSR count). The molecule has 3 heterocycles. The van der Waals surface area contributed by atoms with Crippen LogP contribution in [0.5, 0.6) is 5.75 Å². The predicted molar refractivity (Wildman–Crippen MR) is 107 cm³/mol. The highest BCUT2D eigenvalue weighted by Gasteiger charge is 2.20. The number of benzene rings is 1. The molecule has 1 aromatic carbocycles. The number of piperazine rings is 1. The zero-order valence-corrected chi connectivity index (χ0v) is 16.3. The molecular formula is C19H24N6O3. The molecule has 0 amide bonds. The lowest BCUT2D eigenvalue weighted by atomic mass is 10.2. The maximum absolute atomic E-state index is 12.6. The van der Waals surface area contributed by atoms with Gasteiger partial charge in [0.2, 0.25) is 0 Å². The van der Waals surface area contributed by atoms with E-state index in [-0.39, 0.29) is 11.2 Å². The van der Waals surface area contributed by atoms with Crippen molar-refractivity contribution in [1.29, 1.82) is 0 Å². The minimum Gasteiger partial charge on any atom is -0.497 e. The molecule has 1 fully saturated rings. The molecule has 9 heteroatoms. The summed E-state index contributed by atoms with van der Waals surface area (Å²) < 4.78 is 9.59. The van der Waals surface area contributed by atoms with Crippen molar-refractivity contribution in [2.75, 3.05) is 38.2 Å². The average Bonchev–Trinajstić information content (AvgIpc) is 3.15. The number of rotatable bonds is 4. The van der Waals surface area contributed by atoms with Crippen LogP contribution in [0.2, 0.25) is 0 Å². The van der Waals surface area contributed by atoms with E-state index in [0.717, 1.165) is 36.5 Å². The zero-order valence-electron chi connectivity index (χ0n) is 16.3. The number of nitrogens with zero attached hydrogens (tertiary/aromatic N) is 6. The topological polar surface area (TPSA) is 77.5 Å². The molecule has 0 saturated carbocycles. The lowest BCUT2D eigenvalue weighted by Crippen LogP contribution is -2.47. The van der Waals surface area contributed by atoms with Crippen LogP contribution >= 0.6 is 0 Å². The third kappa shape index (κ3) is 3.07. The van der Waals surface area contributed by atoms with Crippen molar-refractivity contribution in [3.63, 3.8) is 0 Å². The highest BCUT2D eigenvalue weighted by molar-refractivity contribution is 5.69. The Labute approximate surface area is 162 Å². The van der Waals surface area contributed by atoms with Gasteiger partial charge in [0.05, 0.1) is 20.1 Å². The van der Waals surface area contributed by atoms with E-state index >= 15 is 0 Å². The van der Waals surface area contributed by atoms with E-state index in [1.54, 1.807) is 20.5 Å². The monoisotopic (exact) mass is 384 g/mol. The summed E-state index contributed by atoms with van der Waals surface area (Å²) in [5.41, 5.74) is 1.38. The van der Waals surface area contributed by atoms with Gasteiger partial charge in [-0.05, 0) is 24.3 Å². The number of fused-ring (bicyclic) bond motifs is 1. The van der Waals surface area contributed by atoms with E-state index in [4.69, 9.17) is 4.74 Å². The van der Waals surface area contributed by atoms with Crippen molar-refractivity contribution in [2.24, 2.45) is 14.1 Å². The fourth-order valence-electron chi connectivity index (χ4n) is 3.66. The molecule has 3 aromatic rings. The molecule has 0 N–H and O–H groups in total. The summed E-state index contributed by atoms with van der Waals surface area (Å²) >= 11 is 0. The Bertz CT molecular complexity index is 1100. The summed E-state index contributed by atoms with van der Waals surface area (Å²) in [6, 6.07) is 8.09. The van der Waals surface area contributed by atoms with Crippen LogP contribution in [-0.2, 0) is 20.8 Å². The number of anilines is 1. The first-order chi connectivity index (χ1) is 13.5. The van der Waals surface area contributed by atoms with Crippen LogP contribution in [0.15, 0.2) is 40.2 Å². The van der Waals surface area contributed by atoms with E-state index in [9.17, 15) is 9.59 Å². The lowest BCUT2D eigenvalue weighted by molar-refractivity contribution is 0.208. The van der Waals surface area contributed by atoms with Gasteiger partial charge < -0.3 is 14.2 Å². The van der Waals surface area contributed by atoms with Crippen molar-refractivity contribution in [1.82, 2.24) is 23.6 Å². The van der Waals surface area contributed by atoms with Crippen molar-refractivity contribution < 1.29 is 4.74 Å². The minimum atomic E-state index is -0.365. The Morgan fingerprint density at radius 2 is 1.68 bits per heavy atom. The lowest BCUT2D eigenvalue weighted by Gasteiger charge is -2.36. The molecule has 0 spiro atoms. The molecule has 0 radical (unpaired) electrons. The van der Waals surface area contributed by atoms with Crippen LogP contribution in [0.4, 0.5) is 5.69 Å². The van der Waals surface area contributed by atoms with E-state index < -0.39 is 0 Å². The number of imidazole rings is 1. The molecule has 2 aromatic heterocycles. The second-order valence-corrected chi connectivity index (χ2v) is 7.04. The van der Waals surface area contributed by atoms with Gasteiger partial charge in [-0.3, -0.25) is 18.8 Å². The summed E-state index contributed by atoms with van der Waals surface area (Å²) in [5, 5.41) is 0. The quantitative estimate of drug-likeness (QED) is 0.641. The Hall–Kier alpha value is -3.07. The van der Waals surface area contributed by atoms with Crippen LogP contribution in [0.3, 0.4) is 0 Å². The van der Waals surface area contributed by atoms with Gasteiger partial charge in [-0.1, -0.05) is 0 Å². The number of aromatic nitrogens is 4. The Morgan fingerprint density at radius 1 is 1.00 bits per heavy atom. The summed E-state index contributed by atoms with van der Waals surface area (Å²) in [4.78, 5) is 33.5. The Balaban J connectivity index is 1.49. The molecule has 1 saturated heterocycles. The standard InChI is InChI=1S/C19H24N6O3/c1-21-17-16(18(26)22(2)19(21)27)25(12-20-17)13-23-8-10-24(11-9-23)14-4-6-15(28-3)7-5-14/h4-7,12H,8-11,13H2,1-3H3. The Morgan fingerprint density at radius 3 is 2.32 bits per heavy atom. The van der Waals surface area contributed by atoms with Gasteiger partial charge in [0.25, 0.3) is 5.56 Å². The molecule has 0 atom stereocenters. The summed E-state index contributed by atoms with van der Waals surface area (Å²) in [6.07, 6.45) is 1.64. The van der Waals surface area contributed by atoms with Crippen LogP contribution < -0.4 is 20.9 Å². The fourth-order valence-corrected chi connectivity index (χ4v) is 3.66. The van der Waals surface area contributed by atoms with Crippen molar-refractivity contribution >= 4 is 16.9 Å². The molecule has 9 nitrogen and oxygen atoms in total. The van der Waals surface area contributed by atoms with Gasteiger partial charge in [-0.15, -0.1) is 0 Å². The summed E-state index contributed by atoms with van der Waals surface area (Å²) in [6.45, 7) is 4.11. The molecule has 0 aliphatic carbocycles. The fraction of sp³-hybridized carbons (Fsp3) is 0.421. The van der Waals surface area contributed by atoms with Crippen molar-refractivity contribution in [3.05, 3.63) is 51.4 Å². The van der Waals surface area contributed by atoms with E-state index in [2.05, 4.69) is 26.9 Å². The SMILES string of the molecule is COc1ccc(N2CCN(Cn3cnc4c3c(=O)n(C)c(=O)n4C)CC2)cc1. The molecule has 28 heavy (non-hydrogen) atoms. The first-order valence-corrected chi connectivity index (χ1v) is 9.22. The maximum atomic E-state index is 12.6. The molecule has 0 unspecified atom stereocenters. The van der Waals surface area contributed by atoms with Crippen molar-refractivity contribution in [2.45, 2.75) is 6.67 Å². The third-order valence-corrected chi connectivity index (χ3v) is 5.38. The number of hydrogen-bond donors (Lipinski definition) is 0. The van der Waals surface area contributed by atoms with Crippen LogP contribution in [0.1, 0.15) is 0 Å². The number of methoxy groups -OCH3 is 1. The molecular weight excluding hydrogens is 360 g/mol. The second-order valence-electron chi connectivity index (χ2n) is 7.04. The molecule has 1 aliphatic rings. The number of ether oxygens (including phenoxy) is 1. The predicted octanol–water partition coefficient (Wildman–Crippen LogP) is 0.222. The summed E-state index contributed by atoms with van der Waals surface area (Å²) in [5.74, 6) is 0.852.